The molecule has 3 aromatic carbocycles. The summed E-state index contributed by atoms with van der Waals surface area (Å²) in [5.74, 6) is 1.87. The molecular weight excluding hydrogens is 390 g/mol. The summed E-state index contributed by atoms with van der Waals surface area (Å²) in [4.78, 5) is 11.6. The first-order chi connectivity index (χ1) is 14.6. The second-order valence-corrected chi connectivity index (χ2v) is 8.91. The van der Waals surface area contributed by atoms with E-state index in [1.54, 1.807) is 7.11 Å². The number of anilines is 1. The Kier molecular flexibility index (Phi) is 5.87. The van der Waals surface area contributed by atoms with E-state index in [9.17, 15) is 4.79 Å². The second-order valence-electron chi connectivity index (χ2n) is 7.64. The van der Waals surface area contributed by atoms with E-state index in [2.05, 4.69) is 67.5 Å². The van der Waals surface area contributed by atoms with Crippen LogP contribution < -0.4 is 9.04 Å². The molecule has 1 aliphatic rings. The van der Waals surface area contributed by atoms with Gasteiger partial charge in [-0.25, -0.2) is 0 Å². The molecule has 0 spiro atoms. The van der Waals surface area contributed by atoms with Crippen LogP contribution >= 0.6 is 11.9 Å². The lowest BCUT2D eigenvalue weighted by Crippen LogP contribution is -2.22. The monoisotopic (exact) mass is 417 g/mol. The van der Waals surface area contributed by atoms with Gasteiger partial charge in [0.1, 0.15) is 12.0 Å². The number of carbonyl (C=O) groups is 1. The molecule has 3 aromatic rings. The molecule has 30 heavy (non-hydrogen) atoms. The number of hydrogen-bond acceptors (Lipinski definition) is 4. The van der Waals surface area contributed by atoms with Gasteiger partial charge >= 0.3 is 0 Å². The highest BCUT2D eigenvalue weighted by Gasteiger charge is 2.27. The topological polar surface area (TPSA) is 29.5 Å². The summed E-state index contributed by atoms with van der Waals surface area (Å²) < 4.78 is 7.85. The third-order valence-corrected chi connectivity index (χ3v) is 6.66. The highest BCUT2D eigenvalue weighted by atomic mass is 32.2. The third-order valence-electron chi connectivity index (χ3n) is 5.78. The van der Waals surface area contributed by atoms with Crippen LogP contribution in [0.25, 0.3) is 22.3 Å². The third kappa shape index (κ3) is 3.61. The molecule has 0 amide bonds. The number of carbonyl (C=O) groups excluding carboxylic acids is 1. The van der Waals surface area contributed by atoms with E-state index in [0.717, 1.165) is 41.0 Å². The summed E-state index contributed by atoms with van der Waals surface area (Å²) in [5, 5.41) is 0. The molecule has 0 aromatic heterocycles. The van der Waals surface area contributed by atoms with E-state index < -0.39 is 0 Å². The maximum Gasteiger partial charge on any atom is 0.124 e. The Balaban J connectivity index is 2.00. The fraction of sp³-hybridized carbons (Fsp3) is 0.269. The SMILES string of the molecule is CCSN1Cc2cc(OC)ccc2-c2cc(-c3ccc(C)cc3)c(CC=O)c(C)c21. The minimum Gasteiger partial charge on any atom is -0.497 e. The Morgan fingerprint density at radius 2 is 1.80 bits per heavy atom. The van der Waals surface area contributed by atoms with Crippen molar-refractivity contribution >= 4 is 23.9 Å². The molecule has 4 rings (SSSR count). The summed E-state index contributed by atoms with van der Waals surface area (Å²) in [6.45, 7) is 7.25. The van der Waals surface area contributed by atoms with Crippen molar-refractivity contribution in [2.75, 3.05) is 17.2 Å². The smallest absolute Gasteiger partial charge is 0.124 e. The van der Waals surface area contributed by atoms with Crippen LogP contribution in [0, 0.1) is 13.8 Å². The molecule has 0 unspecified atom stereocenters. The molecule has 154 valence electrons. The average Bonchev–Trinajstić information content (AvgIpc) is 2.75. The molecule has 0 atom stereocenters. The van der Waals surface area contributed by atoms with Gasteiger partial charge in [-0.3, -0.25) is 0 Å². The van der Waals surface area contributed by atoms with Crippen LogP contribution in [0.15, 0.2) is 48.5 Å². The van der Waals surface area contributed by atoms with Crippen molar-refractivity contribution in [2.24, 2.45) is 0 Å². The van der Waals surface area contributed by atoms with Gasteiger partial charge in [0, 0.05) is 17.7 Å². The quantitative estimate of drug-likeness (QED) is 0.344. The van der Waals surface area contributed by atoms with E-state index in [-0.39, 0.29) is 0 Å². The van der Waals surface area contributed by atoms with Crippen molar-refractivity contribution in [2.45, 2.75) is 33.7 Å². The Morgan fingerprint density at radius 1 is 1.03 bits per heavy atom. The van der Waals surface area contributed by atoms with Gasteiger partial charge in [-0.15, -0.1) is 0 Å². The van der Waals surface area contributed by atoms with Crippen molar-refractivity contribution in [3.05, 3.63) is 70.8 Å². The number of aryl methyl sites for hydroxylation is 1. The van der Waals surface area contributed by atoms with E-state index >= 15 is 0 Å². The summed E-state index contributed by atoms with van der Waals surface area (Å²) in [6, 6.07) is 17.2. The number of ether oxygens (including phenoxy) is 1. The first kappa shape index (κ1) is 20.5. The van der Waals surface area contributed by atoms with Gasteiger partial charge in [0.25, 0.3) is 0 Å². The molecule has 0 saturated carbocycles. The molecule has 0 saturated heterocycles. The Morgan fingerprint density at radius 3 is 2.47 bits per heavy atom. The van der Waals surface area contributed by atoms with Gasteiger partial charge in [0.2, 0.25) is 0 Å². The molecule has 0 bridgehead atoms. The molecular formula is C26H27NO2S. The van der Waals surface area contributed by atoms with Crippen LogP contribution in [0.3, 0.4) is 0 Å². The van der Waals surface area contributed by atoms with Gasteiger partial charge in [0.05, 0.1) is 19.3 Å². The standard InChI is InChI=1S/C26H27NO2S/c1-5-30-27-16-20-14-21(29-4)10-11-23(20)25-15-24(19-8-6-17(2)7-9-19)22(12-13-28)18(3)26(25)27/h6-11,13-15H,5,12,16H2,1-4H3. The van der Waals surface area contributed by atoms with Crippen LogP contribution in [0.4, 0.5) is 5.69 Å². The predicted octanol–water partition coefficient (Wildman–Crippen LogP) is 6.38. The first-order valence-electron chi connectivity index (χ1n) is 10.3. The van der Waals surface area contributed by atoms with Crippen molar-refractivity contribution in [1.29, 1.82) is 0 Å². The van der Waals surface area contributed by atoms with Crippen LogP contribution in [0.1, 0.15) is 29.2 Å². The average molecular weight is 418 g/mol. The maximum absolute atomic E-state index is 11.6. The lowest BCUT2D eigenvalue weighted by molar-refractivity contribution is -0.107. The molecule has 0 aliphatic carbocycles. The fourth-order valence-electron chi connectivity index (χ4n) is 4.30. The molecule has 1 heterocycles. The lowest BCUT2D eigenvalue weighted by Gasteiger charge is -2.34. The molecule has 0 radical (unpaired) electrons. The van der Waals surface area contributed by atoms with Gasteiger partial charge in [-0.1, -0.05) is 42.8 Å². The van der Waals surface area contributed by atoms with E-state index in [4.69, 9.17) is 4.74 Å². The molecule has 4 heteroatoms. The van der Waals surface area contributed by atoms with Crippen molar-refractivity contribution in [3.63, 3.8) is 0 Å². The minimum absolute atomic E-state index is 0.419. The van der Waals surface area contributed by atoms with Crippen LogP contribution in [-0.2, 0) is 17.8 Å². The number of nitrogens with zero attached hydrogens (tertiary/aromatic N) is 1. The molecule has 0 fully saturated rings. The number of methoxy groups -OCH3 is 1. The fourth-order valence-corrected chi connectivity index (χ4v) is 5.21. The zero-order valence-electron chi connectivity index (χ0n) is 18.0. The molecule has 0 N–H and O–H groups in total. The summed E-state index contributed by atoms with van der Waals surface area (Å²) in [6.07, 6.45) is 1.44. The van der Waals surface area contributed by atoms with Crippen molar-refractivity contribution in [3.8, 4) is 28.0 Å². The highest BCUT2D eigenvalue weighted by Crippen LogP contribution is 2.48. The maximum atomic E-state index is 11.6. The number of hydrogen-bond donors (Lipinski definition) is 0. The number of benzene rings is 3. The number of aldehydes is 1. The first-order valence-corrected chi connectivity index (χ1v) is 11.3. The largest absolute Gasteiger partial charge is 0.497 e. The number of fused-ring (bicyclic) bond motifs is 3. The Labute approximate surface area is 183 Å². The van der Waals surface area contributed by atoms with E-state index in [0.29, 0.717) is 6.42 Å². The van der Waals surface area contributed by atoms with Crippen LogP contribution in [-0.4, -0.2) is 19.1 Å². The van der Waals surface area contributed by atoms with Crippen molar-refractivity contribution in [1.82, 2.24) is 0 Å². The van der Waals surface area contributed by atoms with E-state index in [1.165, 1.54) is 33.5 Å². The zero-order chi connectivity index (χ0) is 21.3. The van der Waals surface area contributed by atoms with Gasteiger partial charge < -0.3 is 13.8 Å². The second kappa shape index (κ2) is 8.57. The summed E-state index contributed by atoms with van der Waals surface area (Å²) in [5.41, 5.74) is 10.8. The van der Waals surface area contributed by atoms with Crippen LogP contribution in [0.5, 0.6) is 5.75 Å². The number of rotatable bonds is 6. The summed E-state index contributed by atoms with van der Waals surface area (Å²) >= 11 is 1.82. The normalized spacial score (nSPS) is 12.3. The Bertz CT molecular complexity index is 1090. The summed E-state index contributed by atoms with van der Waals surface area (Å²) in [7, 11) is 1.71. The predicted molar refractivity (Wildman–Crippen MR) is 127 cm³/mol. The van der Waals surface area contributed by atoms with Crippen LogP contribution in [0.2, 0.25) is 0 Å². The molecule has 3 nitrogen and oxygen atoms in total. The molecule has 1 aliphatic heterocycles. The highest BCUT2D eigenvalue weighted by molar-refractivity contribution is 8.00. The van der Waals surface area contributed by atoms with Gasteiger partial charge in [-0.2, -0.15) is 0 Å². The lowest BCUT2D eigenvalue weighted by atomic mass is 9.85. The van der Waals surface area contributed by atoms with E-state index in [1.807, 2.05) is 18.0 Å². The van der Waals surface area contributed by atoms with Gasteiger partial charge in [-0.05, 0) is 77.4 Å². The Hall–Kier alpha value is -2.72. The van der Waals surface area contributed by atoms with Gasteiger partial charge in [0.15, 0.2) is 0 Å². The zero-order valence-corrected chi connectivity index (χ0v) is 18.8. The minimum atomic E-state index is 0.419. The van der Waals surface area contributed by atoms with Crippen molar-refractivity contribution < 1.29 is 9.53 Å².